The minimum atomic E-state index is -0.279. The van der Waals surface area contributed by atoms with Gasteiger partial charge in [-0.15, -0.1) is 0 Å². The summed E-state index contributed by atoms with van der Waals surface area (Å²) in [5, 5.41) is 0. The molecule has 0 amide bonds. The van der Waals surface area contributed by atoms with Crippen molar-refractivity contribution in [3.63, 3.8) is 0 Å². The number of benzene rings is 1. The molecule has 2 aromatic rings. The number of hydrogen-bond acceptors (Lipinski definition) is 1. The second-order valence-electron chi connectivity index (χ2n) is 2.04. The second-order valence-corrected chi connectivity index (χ2v) is 2.04. The molecule has 0 spiro atoms. The van der Waals surface area contributed by atoms with Crippen LogP contribution < -0.4 is 0 Å². The van der Waals surface area contributed by atoms with E-state index in [-0.39, 0.29) is 7.24 Å². The molecule has 0 saturated carbocycles. The average molecular weight is 138 g/mol. The molecule has 2 nitrogen and oxygen atoms in total. The quantitative estimate of drug-likeness (QED) is 0.592. The van der Waals surface area contributed by atoms with Gasteiger partial charge in [0.15, 0.2) is 5.82 Å². The Morgan fingerprint density at radius 2 is 2.40 bits per heavy atom. The van der Waals surface area contributed by atoms with Crippen LogP contribution in [0.2, 0.25) is 0 Å². The van der Waals surface area contributed by atoms with E-state index in [1.807, 2.05) is 0 Å². The lowest BCUT2D eigenvalue weighted by atomic mass is 10.3. The lowest BCUT2D eigenvalue weighted by Crippen LogP contribution is -1.74. The number of nitrogens with zero attached hydrogens (tertiary/aromatic N) is 1. The van der Waals surface area contributed by atoms with Gasteiger partial charge in [0.2, 0.25) is 0 Å². The summed E-state index contributed by atoms with van der Waals surface area (Å²) in [7, 11) is 0. The first-order valence-corrected chi connectivity index (χ1v) is 2.95. The molecular weight excluding hydrogens is 131 g/mol. The number of rotatable bonds is 0. The molecule has 1 N–H and O–H groups in total. The van der Waals surface area contributed by atoms with Crippen molar-refractivity contribution in [2.45, 2.75) is 0 Å². The van der Waals surface area contributed by atoms with Crippen molar-refractivity contribution in [3.05, 3.63) is 30.3 Å². The highest BCUT2D eigenvalue weighted by Gasteiger charge is 1.99. The molecule has 0 radical (unpaired) electrons. The Bertz CT molecular complexity index is 358. The normalized spacial score (nSPS) is 10.5. The van der Waals surface area contributed by atoms with Crippen molar-refractivity contribution < 1.29 is 5.82 Å². The van der Waals surface area contributed by atoms with Gasteiger partial charge in [-0.25, -0.2) is 9.37 Å². The van der Waals surface area contributed by atoms with E-state index in [0.29, 0.717) is 5.52 Å². The fraction of sp³-hybridized carbons (Fsp3) is 0. The summed E-state index contributed by atoms with van der Waals surface area (Å²) in [6.45, 7) is 0. The first kappa shape index (κ1) is 5.41. The Morgan fingerprint density at radius 1 is 1.50 bits per heavy atom. The maximum atomic E-state index is 12.7. The summed E-state index contributed by atoms with van der Waals surface area (Å²) in [4.78, 5) is 6.60. The van der Waals surface area contributed by atoms with Gasteiger partial charge in [-0.1, -0.05) is 6.07 Å². The maximum absolute atomic E-state index is 12.7. The number of halogens is 1. The maximum Gasteiger partial charge on any atom is 0.151 e. The van der Waals surface area contributed by atoms with Gasteiger partial charge in [0.05, 0.1) is 11.8 Å². The Balaban J connectivity index is 0.000000605. The molecule has 2 rings (SSSR count). The molecule has 0 bridgehead atoms. The molecular formula is C7H7FN2. The zero-order chi connectivity index (χ0) is 6.97. The summed E-state index contributed by atoms with van der Waals surface area (Å²) in [5.41, 5.74) is 1.14. The van der Waals surface area contributed by atoms with Crippen molar-refractivity contribution >= 4 is 11.0 Å². The van der Waals surface area contributed by atoms with Crippen LogP contribution in [0.25, 0.3) is 11.0 Å². The van der Waals surface area contributed by atoms with Gasteiger partial charge in [-0.2, -0.15) is 0 Å². The van der Waals surface area contributed by atoms with E-state index in [1.165, 1.54) is 12.4 Å². The van der Waals surface area contributed by atoms with Gasteiger partial charge in [0.1, 0.15) is 5.52 Å². The fourth-order valence-electron chi connectivity index (χ4n) is 0.929. The third-order valence-corrected chi connectivity index (χ3v) is 1.40. The van der Waals surface area contributed by atoms with E-state index in [1.54, 1.807) is 12.1 Å². The van der Waals surface area contributed by atoms with Crippen LogP contribution in [0.4, 0.5) is 4.39 Å². The van der Waals surface area contributed by atoms with E-state index in [0.717, 1.165) is 5.52 Å². The lowest BCUT2D eigenvalue weighted by Gasteiger charge is -1.86. The Kier molecular flexibility index (Phi) is 0.974. The van der Waals surface area contributed by atoms with E-state index in [9.17, 15) is 4.39 Å². The van der Waals surface area contributed by atoms with Crippen LogP contribution >= 0.6 is 0 Å². The Labute approximate surface area is 58.2 Å². The highest BCUT2D eigenvalue weighted by Crippen LogP contribution is 2.11. The number of nitrogens with one attached hydrogen (secondary N) is 1. The van der Waals surface area contributed by atoms with Crippen LogP contribution in [0.1, 0.15) is 1.43 Å². The average Bonchev–Trinajstić information content (AvgIpc) is 2.36. The molecule has 0 aliphatic rings. The smallest absolute Gasteiger partial charge is 0.151 e. The third-order valence-electron chi connectivity index (χ3n) is 1.40. The molecule has 0 fully saturated rings. The topological polar surface area (TPSA) is 28.7 Å². The predicted octanol–water partition coefficient (Wildman–Crippen LogP) is 1.95. The molecule has 0 aliphatic carbocycles. The van der Waals surface area contributed by atoms with Crippen molar-refractivity contribution in [1.82, 2.24) is 9.97 Å². The first-order valence-electron chi connectivity index (χ1n) is 2.95. The molecule has 0 aliphatic heterocycles. The van der Waals surface area contributed by atoms with Crippen molar-refractivity contribution in [2.24, 2.45) is 0 Å². The highest BCUT2D eigenvalue weighted by atomic mass is 19.1. The van der Waals surface area contributed by atoms with Crippen molar-refractivity contribution in [1.29, 1.82) is 0 Å². The third kappa shape index (κ3) is 0.603. The molecule has 0 saturated heterocycles. The van der Waals surface area contributed by atoms with Crippen LogP contribution in [-0.4, -0.2) is 9.97 Å². The lowest BCUT2D eigenvalue weighted by molar-refractivity contribution is 0.637. The van der Waals surface area contributed by atoms with Crippen LogP contribution in [0, 0.1) is 5.82 Å². The monoisotopic (exact) mass is 138 g/mol. The minimum absolute atomic E-state index is 0. The number of hydrogen-bond donors (Lipinski definition) is 1. The van der Waals surface area contributed by atoms with E-state index in [4.69, 9.17) is 0 Å². The largest absolute Gasteiger partial charge is 0.345 e. The second kappa shape index (κ2) is 1.80. The highest BCUT2D eigenvalue weighted by molar-refractivity contribution is 5.74. The van der Waals surface area contributed by atoms with Gasteiger partial charge >= 0.3 is 0 Å². The van der Waals surface area contributed by atoms with Crippen LogP contribution in [0.15, 0.2) is 24.5 Å². The van der Waals surface area contributed by atoms with Crippen LogP contribution in [0.3, 0.4) is 0 Å². The summed E-state index contributed by atoms with van der Waals surface area (Å²) < 4.78 is 12.7. The number of imidazole rings is 1. The molecule has 52 valence electrons. The number of fused-ring (bicyclic) bond motifs is 1. The SMILES string of the molecule is Fc1cccc2[nH]cnc12.[HH]. The molecule has 1 aromatic heterocycles. The Morgan fingerprint density at radius 3 is 3.20 bits per heavy atom. The summed E-state index contributed by atoms with van der Waals surface area (Å²) in [5.74, 6) is -0.279. The number of aromatic nitrogens is 2. The van der Waals surface area contributed by atoms with Crippen LogP contribution in [-0.2, 0) is 0 Å². The first-order chi connectivity index (χ1) is 4.88. The predicted molar refractivity (Wildman–Crippen MR) is 38.2 cm³/mol. The van der Waals surface area contributed by atoms with Crippen molar-refractivity contribution in [2.75, 3.05) is 0 Å². The standard InChI is InChI=1S/C7H5FN2.H2/c8-5-2-1-3-6-7(5)10-4-9-6;/h1-4H,(H,9,10);1H. The van der Waals surface area contributed by atoms with E-state index in [2.05, 4.69) is 9.97 Å². The Hall–Kier alpha value is -1.38. The molecule has 1 heterocycles. The molecule has 10 heavy (non-hydrogen) atoms. The van der Waals surface area contributed by atoms with Gasteiger partial charge in [-0.05, 0) is 12.1 Å². The zero-order valence-electron chi connectivity index (χ0n) is 5.13. The minimum Gasteiger partial charge on any atom is -0.345 e. The van der Waals surface area contributed by atoms with Gasteiger partial charge in [-0.3, -0.25) is 0 Å². The molecule has 0 unspecified atom stereocenters. The van der Waals surface area contributed by atoms with Crippen molar-refractivity contribution in [3.8, 4) is 0 Å². The van der Waals surface area contributed by atoms with Gasteiger partial charge < -0.3 is 4.98 Å². The summed E-state index contributed by atoms with van der Waals surface area (Å²) in [6.07, 6.45) is 1.48. The number of aromatic amines is 1. The summed E-state index contributed by atoms with van der Waals surface area (Å²) in [6, 6.07) is 4.82. The van der Waals surface area contributed by atoms with Gasteiger partial charge in [0, 0.05) is 1.43 Å². The molecule has 3 heteroatoms. The fourth-order valence-corrected chi connectivity index (χ4v) is 0.929. The number of H-pyrrole nitrogens is 1. The van der Waals surface area contributed by atoms with E-state index >= 15 is 0 Å². The van der Waals surface area contributed by atoms with E-state index < -0.39 is 0 Å². The molecule has 1 aromatic carbocycles. The zero-order valence-corrected chi connectivity index (χ0v) is 5.13. The molecule has 0 atom stereocenters. The number of para-hydroxylation sites is 1. The van der Waals surface area contributed by atoms with Gasteiger partial charge in [0.25, 0.3) is 0 Å². The van der Waals surface area contributed by atoms with Crippen LogP contribution in [0.5, 0.6) is 0 Å². The summed E-state index contributed by atoms with van der Waals surface area (Å²) >= 11 is 0.